The predicted octanol–water partition coefficient (Wildman–Crippen LogP) is -0.702. The zero-order chi connectivity index (χ0) is 12.7. The van der Waals surface area contributed by atoms with Gasteiger partial charge in [0.1, 0.15) is 0 Å². The van der Waals surface area contributed by atoms with Crippen molar-refractivity contribution in [2.75, 3.05) is 13.1 Å². The van der Waals surface area contributed by atoms with Crippen LogP contribution in [-0.4, -0.2) is 36.9 Å². The van der Waals surface area contributed by atoms with Gasteiger partial charge in [-0.1, -0.05) is 12.8 Å². The first-order chi connectivity index (χ1) is 8.09. The molecule has 3 amide bonds. The van der Waals surface area contributed by atoms with E-state index in [4.69, 9.17) is 0 Å². The van der Waals surface area contributed by atoms with Crippen molar-refractivity contribution in [2.24, 2.45) is 0 Å². The van der Waals surface area contributed by atoms with E-state index in [1.165, 1.54) is 6.92 Å². The minimum Gasteiger partial charge on any atom is -0.355 e. The second-order valence-electron chi connectivity index (χ2n) is 4.19. The number of carbonyl (C=O) groups is 3. The summed E-state index contributed by atoms with van der Waals surface area (Å²) in [7, 11) is 0. The Morgan fingerprint density at radius 2 is 1.59 bits per heavy atom. The van der Waals surface area contributed by atoms with Crippen LogP contribution in [0.2, 0.25) is 0 Å². The van der Waals surface area contributed by atoms with E-state index in [1.807, 2.05) is 0 Å². The maximum absolute atomic E-state index is 11.4. The summed E-state index contributed by atoms with van der Waals surface area (Å²) in [4.78, 5) is 33.3. The number of rotatable bonds is 4. The van der Waals surface area contributed by atoms with E-state index in [1.54, 1.807) is 0 Å². The first-order valence-electron chi connectivity index (χ1n) is 5.92. The molecule has 0 heterocycles. The molecule has 1 aliphatic carbocycles. The Kier molecular flexibility index (Phi) is 5.45. The van der Waals surface area contributed by atoms with Gasteiger partial charge in [-0.05, 0) is 12.8 Å². The van der Waals surface area contributed by atoms with Crippen LogP contribution in [0.4, 0.5) is 0 Å². The quantitative estimate of drug-likeness (QED) is 0.449. The molecule has 0 saturated heterocycles. The van der Waals surface area contributed by atoms with Gasteiger partial charge in [0.05, 0.1) is 0 Å². The van der Waals surface area contributed by atoms with Crippen molar-refractivity contribution >= 4 is 17.7 Å². The highest BCUT2D eigenvalue weighted by Gasteiger charge is 2.20. The summed E-state index contributed by atoms with van der Waals surface area (Å²) in [5.41, 5.74) is 0. The SMILES string of the molecule is CC(=O)NCCNC(=O)C(=O)NC1CCCC1. The standard InChI is InChI=1S/C11H19N3O3/c1-8(15)12-6-7-13-10(16)11(17)14-9-4-2-3-5-9/h9H,2-7H2,1H3,(H,12,15)(H,13,16)(H,14,17). The van der Waals surface area contributed by atoms with E-state index in [9.17, 15) is 14.4 Å². The van der Waals surface area contributed by atoms with E-state index in [0.717, 1.165) is 25.7 Å². The fourth-order valence-electron chi connectivity index (χ4n) is 1.82. The fraction of sp³-hybridized carbons (Fsp3) is 0.727. The smallest absolute Gasteiger partial charge is 0.309 e. The van der Waals surface area contributed by atoms with Crippen molar-refractivity contribution in [3.05, 3.63) is 0 Å². The molecule has 1 rings (SSSR count). The summed E-state index contributed by atoms with van der Waals surface area (Å²) < 4.78 is 0. The van der Waals surface area contributed by atoms with Gasteiger partial charge in [-0.15, -0.1) is 0 Å². The minimum absolute atomic E-state index is 0.142. The summed E-state index contributed by atoms with van der Waals surface area (Å²) in [5, 5.41) is 7.66. The van der Waals surface area contributed by atoms with Gasteiger partial charge in [0.15, 0.2) is 0 Å². The Hall–Kier alpha value is -1.59. The number of hydrogen-bond donors (Lipinski definition) is 3. The van der Waals surface area contributed by atoms with Crippen molar-refractivity contribution in [2.45, 2.75) is 38.6 Å². The van der Waals surface area contributed by atoms with Crippen molar-refractivity contribution in [1.29, 1.82) is 0 Å². The third-order valence-corrected chi connectivity index (χ3v) is 2.68. The molecule has 1 saturated carbocycles. The predicted molar refractivity (Wildman–Crippen MR) is 62.1 cm³/mol. The number of carbonyl (C=O) groups excluding carboxylic acids is 3. The third-order valence-electron chi connectivity index (χ3n) is 2.68. The lowest BCUT2D eigenvalue weighted by Crippen LogP contribution is -2.45. The van der Waals surface area contributed by atoms with Crippen molar-refractivity contribution in [3.63, 3.8) is 0 Å². The largest absolute Gasteiger partial charge is 0.355 e. The van der Waals surface area contributed by atoms with Crippen LogP contribution in [0.5, 0.6) is 0 Å². The van der Waals surface area contributed by atoms with Gasteiger partial charge in [-0.2, -0.15) is 0 Å². The molecule has 6 heteroatoms. The Morgan fingerprint density at radius 3 is 2.18 bits per heavy atom. The summed E-state index contributed by atoms with van der Waals surface area (Å²) in [6.45, 7) is 1.99. The molecule has 0 aromatic heterocycles. The van der Waals surface area contributed by atoms with Crippen LogP contribution in [0, 0.1) is 0 Å². The average molecular weight is 241 g/mol. The molecule has 0 unspecified atom stereocenters. The molecule has 1 aliphatic rings. The third kappa shape index (κ3) is 5.33. The van der Waals surface area contributed by atoms with Crippen molar-refractivity contribution < 1.29 is 14.4 Å². The maximum atomic E-state index is 11.4. The molecular formula is C11H19N3O3. The summed E-state index contributed by atoms with van der Waals surface area (Å²) in [6, 6.07) is 0.142. The Morgan fingerprint density at radius 1 is 1.00 bits per heavy atom. The zero-order valence-electron chi connectivity index (χ0n) is 10.0. The van der Waals surface area contributed by atoms with E-state index >= 15 is 0 Å². The molecule has 0 atom stereocenters. The second-order valence-corrected chi connectivity index (χ2v) is 4.19. The van der Waals surface area contributed by atoms with E-state index < -0.39 is 11.8 Å². The zero-order valence-corrected chi connectivity index (χ0v) is 10.0. The normalized spacial score (nSPS) is 15.4. The molecular weight excluding hydrogens is 222 g/mol. The van der Waals surface area contributed by atoms with Gasteiger partial charge in [0, 0.05) is 26.1 Å². The highest BCUT2D eigenvalue weighted by Crippen LogP contribution is 2.17. The van der Waals surface area contributed by atoms with Crippen molar-refractivity contribution in [3.8, 4) is 0 Å². The molecule has 0 aromatic carbocycles. The fourth-order valence-corrected chi connectivity index (χ4v) is 1.82. The Labute approximate surface area is 101 Å². The van der Waals surface area contributed by atoms with Crippen LogP contribution >= 0.6 is 0 Å². The minimum atomic E-state index is -0.637. The van der Waals surface area contributed by atoms with Crippen LogP contribution < -0.4 is 16.0 Å². The molecule has 0 radical (unpaired) electrons. The lowest BCUT2D eigenvalue weighted by atomic mass is 10.2. The lowest BCUT2D eigenvalue weighted by Gasteiger charge is -2.11. The highest BCUT2D eigenvalue weighted by atomic mass is 16.2. The van der Waals surface area contributed by atoms with Crippen molar-refractivity contribution in [1.82, 2.24) is 16.0 Å². The van der Waals surface area contributed by atoms with E-state index in [0.29, 0.717) is 6.54 Å². The van der Waals surface area contributed by atoms with Gasteiger partial charge in [-0.3, -0.25) is 14.4 Å². The first kappa shape index (κ1) is 13.5. The first-order valence-corrected chi connectivity index (χ1v) is 5.92. The molecule has 3 N–H and O–H groups in total. The molecule has 0 aliphatic heterocycles. The van der Waals surface area contributed by atoms with E-state index in [-0.39, 0.29) is 18.5 Å². The Bertz CT molecular complexity index is 298. The van der Waals surface area contributed by atoms with Gasteiger partial charge < -0.3 is 16.0 Å². The molecule has 1 fully saturated rings. The van der Waals surface area contributed by atoms with Crippen LogP contribution in [-0.2, 0) is 14.4 Å². The number of amides is 3. The topological polar surface area (TPSA) is 87.3 Å². The molecule has 0 aromatic rings. The number of nitrogens with one attached hydrogen (secondary N) is 3. The van der Waals surface area contributed by atoms with Gasteiger partial charge >= 0.3 is 11.8 Å². The summed E-state index contributed by atoms with van der Waals surface area (Å²) in [6.07, 6.45) is 4.11. The van der Waals surface area contributed by atoms with Gasteiger partial charge in [0.25, 0.3) is 0 Å². The Balaban J connectivity index is 2.13. The average Bonchev–Trinajstić information content (AvgIpc) is 2.76. The van der Waals surface area contributed by atoms with Crippen LogP contribution in [0.25, 0.3) is 0 Å². The van der Waals surface area contributed by atoms with Gasteiger partial charge in [0.2, 0.25) is 5.91 Å². The highest BCUT2D eigenvalue weighted by molar-refractivity contribution is 6.35. The van der Waals surface area contributed by atoms with Gasteiger partial charge in [-0.25, -0.2) is 0 Å². The monoisotopic (exact) mass is 241 g/mol. The number of hydrogen-bond acceptors (Lipinski definition) is 3. The summed E-state index contributed by atoms with van der Waals surface area (Å²) in [5.74, 6) is -1.38. The molecule has 0 spiro atoms. The molecule has 17 heavy (non-hydrogen) atoms. The van der Waals surface area contributed by atoms with Crippen LogP contribution in [0.1, 0.15) is 32.6 Å². The molecule has 96 valence electrons. The van der Waals surface area contributed by atoms with E-state index in [2.05, 4.69) is 16.0 Å². The second kappa shape index (κ2) is 6.88. The maximum Gasteiger partial charge on any atom is 0.309 e. The molecule has 6 nitrogen and oxygen atoms in total. The van der Waals surface area contributed by atoms with Crippen LogP contribution in [0.3, 0.4) is 0 Å². The lowest BCUT2D eigenvalue weighted by molar-refractivity contribution is -0.139. The molecule has 0 bridgehead atoms. The summed E-state index contributed by atoms with van der Waals surface area (Å²) >= 11 is 0. The van der Waals surface area contributed by atoms with Crippen LogP contribution in [0.15, 0.2) is 0 Å².